The number of carbonyl (C=O) groups is 1. The lowest BCUT2D eigenvalue weighted by atomic mass is 9.87. The molecule has 2 atom stereocenters. The summed E-state index contributed by atoms with van der Waals surface area (Å²) in [4.78, 5) is 12.1. The lowest BCUT2D eigenvalue weighted by molar-refractivity contribution is -0.121. The van der Waals surface area contributed by atoms with Crippen molar-refractivity contribution < 1.29 is 17.9 Å². The van der Waals surface area contributed by atoms with E-state index < -0.39 is 15.1 Å². The molecule has 0 aromatic heterocycles. The first-order valence-corrected chi connectivity index (χ1v) is 8.58. The van der Waals surface area contributed by atoms with Crippen molar-refractivity contribution in [1.29, 1.82) is 0 Å². The highest BCUT2D eigenvalue weighted by atomic mass is 32.2. The maximum absolute atomic E-state index is 12.2. The molecule has 0 N–H and O–H groups in total. The summed E-state index contributed by atoms with van der Waals surface area (Å²) in [5.74, 6) is -0.379. The van der Waals surface area contributed by atoms with Crippen LogP contribution < -0.4 is 0 Å². The fraction of sp³-hybridized carbons (Fsp3) is 0.923. The average Bonchev–Trinajstić information content (AvgIpc) is 2.77. The Morgan fingerprint density at radius 1 is 1.17 bits per heavy atom. The Hall–Kier alpha value is -0.420. The van der Waals surface area contributed by atoms with Crippen molar-refractivity contribution in [2.75, 3.05) is 12.4 Å². The van der Waals surface area contributed by atoms with Gasteiger partial charge in [0, 0.05) is 12.5 Å². The van der Waals surface area contributed by atoms with Gasteiger partial charge in [-0.15, -0.1) is 0 Å². The predicted octanol–water partition coefficient (Wildman–Crippen LogP) is 1.73. The minimum atomic E-state index is -3.33. The van der Waals surface area contributed by atoms with Crippen LogP contribution >= 0.6 is 0 Å². The highest BCUT2D eigenvalue weighted by molar-refractivity contribution is 7.92. The van der Waals surface area contributed by atoms with Gasteiger partial charge in [-0.1, -0.05) is 19.3 Å². The summed E-state index contributed by atoms with van der Waals surface area (Å²) in [7, 11) is -3.33. The maximum Gasteiger partial charge on any atom is 0.162 e. The number of hydrogen-bond donors (Lipinski definition) is 0. The second-order valence-corrected chi connectivity index (χ2v) is 7.73. The van der Waals surface area contributed by atoms with Crippen LogP contribution in [0, 0.1) is 5.92 Å². The SMILES string of the molecule is CC1OCCC1S(=O)(=O)CC(=O)C1CCCCC1. The summed E-state index contributed by atoms with van der Waals surface area (Å²) in [6, 6.07) is 0. The zero-order chi connectivity index (χ0) is 13.2. The highest BCUT2D eigenvalue weighted by Gasteiger charge is 2.38. The molecule has 0 amide bonds. The highest BCUT2D eigenvalue weighted by Crippen LogP contribution is 2.27. The molecule has 5 heteroatoms. The summed E-state index contributed by atoms with van der Waals surface area (Å²) in [5.41, 5.74) is 0. The fourth-order valence-corrected chi connectivity index (χ4v) is 5.00. The first kappa shape index (κ1) is 14.0. The van der Waals surface area contributed by atoms with E-state index in [0.29, 0.717) is 13.0 Å². The van der Waals surface area contributed by atoms with Gasteiger partial charge >= 0.3 is 0 Å². The maximum atomic E-state index is 12.2. The third-order valence-corrected chi connectivity index (χ3v) is 6.40. The van der Waals surface area contributed by atoms with E-state index in [-0.39, 0.29) is 23.6 Å². The molecular weight excluding hydrogens is 252 g/mol. The molecule has 0 bridgehead atoms. The molecule has 2 rings (SSSR count). The molecule has 2 aliphatic rings. The van der Waals surface area contributed by atoms with Gasteiger partial charge in [-0.2, -0.15) is 0 Å². The molecule has 2 fully saturated rings. The van der Waals surface area contributed by atoms with Gasteiger partial charge in [0.25, 0.3) is 0 Å². The Balaban J connectivity index is 1.96. The Morgan fingerprint density at radius 2 is 1.83 bits per heavy atom. The molecule has 1 saturated heterocycles. The first-order valence-electron chi connectivity index (χ1n) is 6.86. The Kier molecular flexibility index (Phi) is 4.43. The van der Waals surface area contributed by atoms with Crippen LogP contribution in [-0.4, -0.2) is 37.9 Å². The van der Waals surface area contributed by atoms with Gasteiger partial charge in [0.15, 0.2) is 15.6 Å². The number of ether oxygens (including phenoxy) is 1. The topological polar surface area (TPSA) is 60.4 Å². The van der Waals surface area contributed by atoms with Crippen LogP contribution in [-0.2, 0) is 19.4 Å². The number of ketones is 1. The Bertz CT molecular complexity index is 395. The summed E-state index contributed by atoms with van der Waals surface area (Å²) in [6.07, 6.45) is 5.27. The first-order chi connectivity index (χ1) is 8.50. The lowest BCUT2D eigenvalue weighted by Gasteiger charge is -2.21. The summed E-state index contributed by atoms with van der Waals surface area (Å²) >= 11 is 0. The Labute approximate surface area is 109 Å². The fourth-order valence-electron chi connectivity index (χ4n) is 3.03. The van der Waals surface area contributed by atoms with Crippen molar-refractivity contribution in [2.24, 2.45) is 5.92 Å². The predicted molar refractivity (Wildman–Crippen MR) is 69.2 cm³/mol. The monoisotopic (exact) mass is 274 g/mol. The van der Waals surface area contributed by atoms with E-state index in [1.165, 1.54) is 6.42 Å². The second kappa shape index (κ2) is 5.70. The van der Waals surface area contributed by atoms with Crippen LogP contribution in [0.25, 0.3) is 0 Å². The summed E-state index contributed by atoms with van der Waals surface area (Å²) < 4.78 is 29.7. The van der Waals surface area contributed by atoms with E-state index in [9.17, 15) is 13.2 Å². The third-order valence-electron chi connectivity index (χ3n) is 4.17. The largest absolute Gasteiger partial charge is 0.377 e. The van der Waals surface area contributed by atoms with Gasteiger partial charge in [0.2, 0.25) is 0 Å². The smallest absolute Gasteiger partial charge is 0.162 e. The lowest BCUT2D eigenvalue weighted by Crippen LogP contribution is -2.35. The van der Waals surface area contributed by atoms with E-state index in [1.54, 1.807) is 6.92 Å². The minimum absolute atomic E-state index is 0.0221. The minimum Gasteiger partial charge on any atom is -0.377 e. The summed E-state index contributed by atoms with van der Waals surface area (Å²) in [6.45, 7) is 2.27. The van der Waals surface area contributed by atoms with E-state index >= 15 is 0 Å². The van der Waals surface area contributed by atoms with Crippen LogP contribution in [0.1, 0.15) is 45.4 Å². The van der Waals surface area contributed by atoms with Crippen molar-refractivity contribution in [1.82, 2.24) is 0 Å². The van der Waals surface area contributed by atoms with Crippen molar-refractivity contribution in [3.05, 3.63) is 0 Å². The van der Waals surface area contributed by atoms with Gasteiger partial charge in [-0.05, 0) is 26.2 Å². The zero-order valence-corrected chi connectivity index (χ0v) is 11.7. The van der Waals surface area contributed by atoms with Crippen molar-refractivity contribution in [3.63, 3.8) is 0 Å². The molecular formula is C13H22O4S. The molecule has 0 aromatic carbocycles. The van der Waals surface area contributed by atoms with E-state index in [4.69, 9.17) is 4.74 Å². The number of Topliss-reactive ketones (excluding diaryl/α,β-unsaturated/α-hetero) is 1. The number of carbonyl (C=O) groups excluding carboxylic acids is 1. The van der Waals surface area contributed by atoms with Gasteiger partial charge < -0.3 is 4.74 Å². The number of hydrogen-bond acceptors (Lipinski definition) is 4. The Morgan fingerprint density at radius 3 is 2.39 bits per heavy atom. The van der Waals surface area contributed by atoms with Gasteiger partial charge in [0.05, 0.1) is 11.4 Å². The molecule has 1 saturated carbocycles. The summed E-state index contributed by atoms with van der Waals surface area (Å²) in [5, 5.41) is -0.481. The van der Waals surface area contributed by atoms with Crippen molar-refractivity contribution in [3.8, 4) is 0 Å². The van der Waals surface area contributed by atoms with Gasteiger partial charge in [-0.25, -0.2) is 8.42 Å². The van der Waals surface area contributed by atoms with Gasteiger partial charge in [0.1, 0.15) is 5.75 Å². The van der Waals surface area contributed by atoms with Crippen LogP contribution in [0.3, 0.4) is 0 Å². The zero-order valence-electron chi connectivity index (χ0n) is 10.9. The molecule has 4 nitrogen and oxygen atoms in total. The third kappa shape index (κ3) is 3.12. The van der Waals surface area contributed by atoms with E-state index in [1.807, 2.05) is 0 Å². The van der Waals surface area contributed by atoms with Crippen molar-refractivity contribution >= 4 is 15.6 Å². The van der Waals surface area contributed by atoms with E-state index in [2.05, 4.69) is 0 Å². The molecule has 1 heterocycles. The number of rotatable bonds is 4. The van der Waals surface area contributed by atoms with Crippen LogP contribution in [0.4, 0.5) is 0 Å². The van der Waals surface area contributed by atoms with Crippen LogP contribution in [0.2, 0.25) is 0 Å². The number of sulfone groups is 1. The molecule has 104 valence electrons. The van der Waals surface area contributed by atoms with Gasteiger partial charge in [-0.3, -0.25) is 4.79 Å². The van der Waals surface area contributed by atoms with Crippen LogP contribution in [0.15, 0.2) is 0 Å². The molecule has 2 unspecified atom stereocenters. The average molecular weight is 274 g/mol. The molecule has 18 heavy (non-hydrogen) atoms. The second-order valence-electron chi connectivity index (χ2n) is 5.51. The molecule has 0 aromatic rings. The van der Waals surface area contributed by atoms with Crippen molar-refractivity contribution in [2.45, 2.75) is 56.8 Å². The normalized spacial score (nSPS) is 30.5. The standard InChI is InChI=1S/C13H22O4S/c1-10-13(7-8-17-10)18(15,16)9-12(14)11-5-3-2-4-6-11/h10-11,13H,2-9H2,1H3. The molecule has 0 radical (unpaired) electrons. The molecule has 1 aliphatic heterocycles. The molecule has 0 spiro atoms. The van der Waals surface area contributed by atoms with E-state index in [0.717, 1.165) is 25.7 Å². The molecule has 1 aliphatic carbocycles. The quantitative estimate of drug-likeness (QED) is 0.783. The van der Waals surface area contributed by atoms with Crippen LogP contribution in [0.5, 0.6) is 0 Å².